The van der Waals surface area contributed by atoms with E-state index in [-0.39, 0.29) is 18.1 Å². The molecule has 0 radical (unpaired) electrons. The summed E-state index contributed by atoms with van der Waals surface area (Å²) in [6.07, 6.45) is 2.55. The number of H-pyrrole nitrogens is 1. The lowest BCUT2D eigenvalue weighted by Crippen LogP contribution is -2.27. The smallest absolute Gasteiger partial charge is 0.224 e. The Bertz CT molecular complexity index is 844. The van der Waals surface area contributed by atoms with Gasteiger partial charge in [-0.05, 0) is 41.8 Å². The van der Waals surface area contributed by atoms with Gasteiger partial charge in [-0.1, -0.05) is 29.8 Å². The lowest BCUT2D eigenvalue weighted by Gasteiger charge is -2.06. The van der Waals surface area contributed by atoms with Crippen LogP contribution in [0.25, 0.3) is 10.9 Å². The molecule has 0 bridgehead atoms. The highest BCUT2D eigenvalue weighted by Crippen LogP contribution is 2.22. The van der Waals surface area contributed by atoms with E-state index >= 15 is 0 Å². The van der Waals surface area contributed by atoms with E-state index in [4.69, 9.17) is 11.6 Å². The number of halogens is 2. The molecule has 1 aromatic heterocycles. The molecule has 5 heteroatoms. The minimum Gasteiger partial charge on any atom is -0.361 e. The second-order valence-electron chi connectivity index (χ2n) is 5.37. The number of fused-ring (bicyclic) bond motifs is 1. The van der Waals surface area contributed by atoms with Gasteiger partial charge in [-0.3, -0.25) is 4.79 Å². The summed E-state index contributed by atoms with van der Waals surface area (Å²) < 4.78 is 13.5. The fourth-order valence-corrected chi connectivity index (χ4v) is 2.74. The molecule has 0 saturated heterocycles. The van der Waals surface area contributed by atoms with E-state index in [2.05, 4.69) is 10.3 Å². The van der Waals surface area contributed by atoms with Gasteiger partial charge in [0.25, 0.3) is 0 Å². The molecule has 1 amide bonds. The highest BCUT2D eigenvalue weighted by Gasteiger charge is 2.09. The number of hydrogen-bond acceptors (Lipinski definition) is 1. The topological polar surface area (TPSA) is 44.9 Å². The Morgan fingerprint density at radius 1 is 1.17 bits per heavy atom. The van der Waals surface area contributed by atoms with Crippen LogP contribution in [0.4, 0.5) is 4.39 Å². The molecule has 0 atom stereocenters. The standard InChI is InChI=1S/C18H16ClFN2O/c19-14-5-6-17-15(10-14)13(11-22-17)9-18(23)21-8-7-12-3-1-2-4-16(12)20/h1-6,10-11,22H,7-9H2,(H,21,23). The zero-order chi connectivity index (χ0) is 16.2. The number of aromatic amines is 1. The van der Waals surface area contributed by atoms with E-state index in [1.807, 2.05) is 18.3 Å². The molecule has 3 aromatic rings. The van der Waals surface area contributed by atoms with E-state index in [0.717, 1.165) is 16.5 Å². The van der Waals surface area contributed by atoms with Gasteiger partial charge in [0, 0.05) is 28.7 Å². The predicted octanol–water partition coefficient (Wildman–Crippen LogP) is 3.86. The number of rotatable bonds is 5. The van der Waals surface area contributed by atoms with Crippen LogP contribution in [0.1, 0.15) is 11.1 Å². The molecule has 0 fully saturated rings. The van der Waals surface area contributed by atoms with Gasteiger partial charge in [0.1, 0.15) is 5.82 Å². The zero-order valence-electron chi connectivity index (χ0n) is 12.4. The number of nitrogens with one attached hydrogen (secondary N) is 2. The van der Waals surface area contributed by atoms with E-state index in [0.29, 0.717) is 23.6 Å². The predicted molar refractivity (Wildman–Crippen MR) is 90.1 cm³/mol. The van der Waals surface area contributed by atoms with Crippen LogP contribution < -0.4 is 5.32 Å². The van der Waals surface area contributed by atoms with Gasteiger partial charge in [0.2, 0.25) is 5.91 Å². The third-order valence-electron chi connectivity index (χ3n) is 3.75. The van der Waals surface area contributed by atoms with Crippen LogP contribution in [-0.2, 0) is 17.6 Å². The first kappa shape index (κ1) is 15.6. The number of carbonyl (C=O) groups excluding carboxylic acids is 1. The Morgan fingerprint density at radius 2 is 2.00 bits per heavy atom. The van der Waals surface area contributed by atoms with Gasteiger partial charge in [0.05, 0.1) is 6.42 Å². The summed E-state index contributed by atoms with van der Waals surface area (Å²) in [5.74, 6) is -0.338. The summed E-state index contributed by atoms with van der Waals surface area (Å²) in [4.78, 5) is 15.2. The molecular weight excluding hydrogens is 315 g/mol. The number of carbonyl (C=O) groups is 1. The van der Waals surface area contributed by atoms with Gasteiger partial charge >= 0.3 is 0 Å². The molecule has 0 aliphatic heterocycles. The minimum atomic E-state index is -0.243. The van der Waals surface area contributed by atoms with E-state index < -0.39 is 0 Å². The highest BCUT2D eigenvalue weighted by molar-refractivity contribution is 6.31. The van der Waals surface area contributed by atoms with Crippen molar-refractivity contribution in [3.8, 4) is 0 Å². The maximum Gasteiger partial charge on any atom is 0.224 e. The second-order valence-corrected chi connectivity index (χ2v) is 5.81. The second kappa shape index (κ2) is 6.84. The van der Waals surface area contributed by atoms with Crippen LogP contribution in [-0.4, -0.2) is 17.4 Å². The molecule has 3 nitrogen and oxygen atoms in total. The third kappa shape index (κ3) is 3.71. The highest BCUT2D eigenvalue weighted by atomic mass is 35.5. The summed E-state index contributed by atoms with van der Waals surface area (Å²) in [6, 6.07) is 12.1. The van der Waals surface area contributed by atoms with Crippen molar-refractivity contribution in [2.75, 3.05) is 6.54 Å². The molecule has 23 heavy (non-hydrogen) atoms. The number of hydrogen-bond donors (Lipinski definition) is 2. The Kier molecular flexibility index (Phi) is 4.63. The van der Waals surface area contributed by atoms with Crippen molar-refractivity contribution in [1.82, 2.24) is 10.3 Å². The Morgan fingerprint density at radius 3 is 2.83 bits per heavy atom. The van der Waals surface area contributed by atoms with Crippen molar-refractivity contribution < 1.29 is 9.18 Å². The molecular formula is C18H16ClFN2O. The fourth-order valence-electron chi connectivity index (χ4n) is 2.57. The quantitative estimate of drug-likeness (QED) is 0.733. The summed E-state index contributed by atoms with van der Waals surface area (Å²) in [6.45, 7) is 0.406. The monoisotopic (exact) mass is 330 g/mol. The first-order valence-corrected chi connectivity index (χ1v) is 7.77. The maximum atomic E-state index is 13.5. The van der Waals surface area contributed by atoms with Crippen LogP contribution in [0.5, 0.6) is 0 Å². The zero-order valence-corrected chi connectivity index (χ0v) is 13.2. The van der Waals surface area contributed by atoms with Crippen molar-refractivity contribution in [1.29, 1.82) is 0 Å². The van der Waals surface area contributed by atoms with Gasteiger partial charge < -0.3 is 10.3 Å². The minimum absolute atomic E-state index is 0.0952. The SMILES string of the molecule is O=C(Cc1c[nH]c2ccc(Cl)cc12)NCCc1ccccc1F. The van der Waals surface area contributed by atoms with Gasteiger partial charge in [-0.25, -0.2) is 4.39 Å². The summed E-state index contributed by atoms with van der Waals surface area (Å²) in [5, 5.41) is 4.41. The van der Waals surface area contributed by atoms with Crippen molar-refractivity contribution in [2.45, 2.75) is 12.8 Å². The summed E-state index contributed by atoms with van der Waals surface area (Å²) >= 11 is 6.00. The molecule has 3 rings (SSSR count). The average Bonchev–Trinajstić information content (AvgIpc) is 2.91. The molecule has 0 aliphatic rings. The van der Waals surface area contributed by atoms with Crippen LogP contribution in [0.2, 0.25) is 5.02 Å². The lowest BCUT2D eigenvalue weighted by atomic mass is 10.1. The van der Waals surface area contributed by atoms with Crippen molar-refractivity contribution >= 4 is 28.4 Å². The number of benzene rings is 2. The molecule has 1 heterocycles. The van der Waals surface area contributed by atoms with Gasteiger partial charge in [-0.15, -0.1) is 0 Å². The Balaban J connectivity index is 1.59. The normalized spacial score (nSPS) is 10.9. The summed E-state index contributed by atoms with van der Waals surface area (Å²) in [5.41, 5.74) is 2.45. The molecule has 2 N–H and O–H groups in total. The molecule has 0 spiro atoms. The fraction of sp³-hybridized carbons (Fsp3) is 0.167. The van der Waals surface area contributed by atoms with Crippen LogP contribution >= 0.6 is 11.6 Å². The summed E-state index contributed by atoms with van der Waals surface area (Å²) in [7, 11) is 0. The first-order valence-electron chi connectivity index (χ1n) is 7.39. The lowest BCUT2D eigenvalue weighted by molar-refractivity contribution is -0.120. The van der Waals surface area contributed by atoms with Crippen molar-refractivity contribution in [3.05, 3.63) is 70.6 Å². The first-order chi connectivity index (χ1) is 11.1. The molecule has 0 aliphatic carbocycles. The van der Waals surface area contributed by atoms with Crippen LogP contribution in [0.3, 0.4) is 0 Å². The maximum absolute atomic E-state index is 13.5. The Labute approximate surface area is 138 Å². The average molecular weight is 331 g/mol. The van der Waals surface area contributed by atoms with Crippen molar-refractivity contribution in [2.24, 2.45) is 0 Å². The van der Waals surface area contributed by atoms with E-state index in [1.165, 1.54) is 6.07 Å². The van der Waals surface area contributed by atoms with E-state index in [1.54, 1.807) is 24.3 Å². The molecule has 2 aromatic carbocycles. The van der Waals surface area contributed by atoms with E-state index in [9.17, 15) is 9.18 Å². The molecule has 0 saturated carbocycles. The van der Waals surface area contributed by atoms with Crippen LogP contribution in [0, 0.1) is 5.82 Å². The van der Waals surface area contributed by atoms with Crippen molar-refractivity contribution in [3.63, 3.8) is 0 Å². The van der Waals surface area contributed by atoms with Crippen LogP contribution in [0.15, 0.2) is 48.7 Å². The largest absolute Gasteiger partial charge is 0.361 e. The Hall–Kier alpha value is -2.33. The number of aromatic nitrogens is 1. The third-order valence-corrected chi connectivity index (χ3v) is 3.99. The van der Waals surface area contributed by atoms with Gasteiger partial charge in [0.15, 0.2) is 0 Å². The number of amides is 1. The van der Waals surface area contributed by atoms with Gasteiger partial charge in [-0.2, -0.15) is 0 Å². The molecule has 0 unspecified atom stereocenters. The molecule has 118 valence electrons.